The highest BCUT2D eigenvalue weighted by atomic mass is 16.1. The van der Waals surface area contributed by atoms with E-state index in [-0.39, 0.29) is 0 Å². The molecule has 0 heterocycles. The quantitative estimate of drug-likeness (QED) is 0.709. The third kappa shape index (κ3) is 1.45. The van der Waals surface area contributed by atoms with Crippen LogP contribution in [0.3, 0.4) is 0 Å². The fraction of sp³-hybridized carbons (Fsp3) is 0.923. The summed E-state index contributed by atoms with van der Waals surface area (Å²) in [5.74, 6) is 2.50. The van der Waals surface area contributed by atoms with E-state index in [4.69, 9.17) is 0 Å². The Labute approximate surface area is 93.0 Å². The molecule has 0 aromatic heterocycles. The topological polar surface area (TPSA) is 21.5 Å². The van der Waals surface area contributed by atoms with Crippen molar-refractivity contribution < 1.29 is 9.69 Å². The molecule has 0 spiro atoms. The second-order valence-corrected chi connectivity index (χ2v) is 6.48. The number of Topliss-reactive ketones (excluding diaryl/α,β-unsaturated/α-hetero) is 1. The second kappa shape index (κ2) is 3.31. The van der Waals surface area contributed by atoms with Gasteiger partial charge in [-0.05, 0) is 23.7 Å². The zero-order valence-corrected chi connectivity index (χ0v) is 10.6. The molecule has 15 heavy (non-hydrogen) atoms. The summed E-state index contributed by atoms with van der Waals surface area (Å²) in [4.78, 5) is 13.6. The average Bonchev–Trinajstić information content (AvgIpc) is 2.52. The SMILES string of the molecule is C[C@H]1[C@H]2C[C@H]([C@@H](C[NH+](C)C)C2=O)C1(C)C. The van der Waals surface area contributed by atoms with Crippen LogP contribution < -0.4 is 4.90 Å². The Balaban J connectivity index is 2.21. The normalized spacial score (nSPS) is 42.9. The summed E-state index contributed by atoms with van der Waals surface area (Å²) in [5, 5.41) is 0. The molecule has 2 rings (SSSR count). The lowest BCUT2D eigenvalue weighted by molar-refractivity contribution is -0.861. The number of hydrogen-bond donors (Lipinski definition) is 1. The van der Waals surface area contributed by atoms with Gasteiger partial charge in [0.05, 0.1) is 26.6 Å². The Morgan fingerprint density at radius 2 is 2.00 bits per heavy atom. The summed E-state index contributed by atoms with van der Waals surface area (Å²) in [6.07, 6.45) is 1.16. The molecule has 0 saturated heterocycles. The summed E-state index contributed by atoms with van der Waals surface area (Å²) >= 11 is 0. The number of fused-ring (bicyclic) bond motifs is 2. The van der Waals surface area contributed by atoms with E-state index < -0.39 is 0 Å². The van der Waals surface area contributed by atoms with E-state index in [1.807, 2.05) is 0 Å². The van der Waals surface area contributed by atoms with Gasteiger partial charge in [0.25, 0.3) is 0 Å². The van der Waals surface area contributed by atoms with Crippen LogP contribution in [0.5, 0.6) is 0 Å². The van der Waals surface area contributed by atoms with Crippen molar-refractivity contribution in [2.24, 2.45) is 29.1 Å². The first-order valence-corrected chi connectivity index (χ1v) is 6.18. The predicted octanol–water partition coefficient (Wildman–Crippen LogP) is 0.628. The first-order chi connectivity index (χ1) is 6.85. The number of rotatable bonds is 2. The van der Waals surface area contributed by atoms with Crippen molar-refractivity contribution in [3.63, 3.8) is 0 Å². The Morgan fingerprint density at radius 1 is 1.40 bits per heavy atom. The lowest BCUT2D eigenvalue weighted by Gasteiger charge is -2.39. The van der Waals surface area contributed by atoms with Gasteiger partial charge in [-0.15, -0.1) is 0 Å². The van der Waals surface area contributed by atoms with Gasteiger partial charge in [0.1, 0.15) is 5.78 Å². The minimum atomic E-state index is 0.339. The van der Waals surface area contributed by atoms with Crippen LogP contribution in [0.15, 0.2) is 0 Å². The number of hydrogen-bond acceptors (Lipinski definition) is 1. The molecule has 4 atom stereocenters. The van der Waals surface area contributed by atoms with Crippen LogP contribution in [0.25, 0.3) is 0 Å². The molecule has 86 valence electrons. The number of carbonyl (C=O) groups excluding carboxylic acids is 1. The van der Waals surface area contributed by atoms with Crippen molar-refractivity contribution in [1.29, 1.82) is 0 Å². The molecule has 0 aromatic carbocycles. The van der Waals surface area contributed by atoms with Gasteiger partial charge >= 0.3 is 0 Å². The van der Waals surface area contributed by atoms with Crippen molar-refractivity contribution in [3.8, 4) is 0 Å². The third-order valence-corrected chi connectivity index (χ3v) is 5.09. The molecule has 2 fully saturated rings. The first-order valence-electron chi connectivity index (χ1n) is 6.18. The van der Waals surface area contributed by atoms with E-state index in [9.17, 15) is 4.79 Å². The van der Waals surface area contributed by atoms with Gasteiger partial charge < -0.3 is 4.90 Å². The van der Waals surface area contributed by atoms with Gasteiger partial charge in [-0.3, -0.25) is 4.79 Å². The summed E-state index contributed by atoms with van der Waals surface area (Å²) in [7, 11) is 4.30. The van der Waals surface area contributed by atoms with Crippen molar-refractivity contribution in [3.05, 3.63) is 0 Å². The zero-order valence-electron chi connectivity index (χ0n) is 10.6. The van der Waals surface area contributed by atoms with E-state index in [1.54, 1.807) is 0 Å². The van der Waals surface area contributed by atoms with E-state index in [2.05, 4.69) is 34.9 Å². The summed E-state index contributed by atoms with van der Waals surface area (Å²) in [5.41, 5.74) is 0.374. The van der Waals surface area contributed by atoms with Gasteiger partial charge in [0.15, 0.2) is 0 Å². The minimum absolute atomic E-state index is 0.339. The molecule has 0 aromatic rings. The van der Waals surface area contributed by atoms with Crippen LogP contribution in [0.2, 0.25) is 0 Å². The predicted molar refractivity (Wildman–Crippen MR) is 60.7 cm³/mol. The van der Waals surface area contributed by atoms with Crippen LogP contribution in [0, 0.1) is 29.1 Å². The maximum absolute atomic E-state index is 12.2. The number of carbonyl (C=O) groups is 1. The van der Waals surface area contributed by atoms with Gasteiger partial charge in [0, 0.05) is 5.92 Å². The molecule has 2 nitrogen and oxygen atoms in total. The zero-order chi connectivity index (χ0) is 11.4. The van der Waals surface area contributed by atoms with Crippen LogP contribution in [0.1, 0.15) is 27.2 Å². The number of quaternary nitrogens is 1. The van der Waals surface area contributed by atoms with Crippen molar-refractivity contribution in [1.82, 2.24) is 0 Å². The standard InChI is InChI=1S/C13H23NO/c1-8-9-6-11(13(8,2)3)10(12(9)15)7-14(4)5/h8-11H,6-7H2,1-5H3/p+1/t8-,9+,10+,11+/m0/s1. The lowest BCUT2D eigenvalue weighted by atomic mass is 9.65. The largest absolute Gasteiger partial charge is 0.339 e. The van der Waals surface area contributed by atoms with Crippen LogP contribution in [-0.2, 0) is 4.79 Å². The molecular formula is C13H24NO+. The maximum atomic E-state index is 12.2. The van der Waals surface area contributed by atoms with E-state index in [1.165, 1.54) is 4.90 Å². The third-order valence-electron chi connectivity index (χ3n) is 5.09. The fourth-order valence-electron chi connectivity index (χ4n) is 3.84. The monoisotopic (exact) mass is 210 g/mol. The molecule has 2 saturated carbocycles. The molecule has 0 amide bonds. The van der Waals surface area contributed by atoms with E-state index in [0.717, 1.165) is 13.0 Å². The minimum Gasteiger partial charge on any atom is -0.339 e. The molecule has 0 unspecified atom stereocenters. The van der Waals surface area contributed by atoms with Crippen LogP contribution in [0.4, 0.5) is 0 Å². The maximum Gasteiger partial charge on any atom is 0.145 e. The molecule has 0 radical (unpaired) electrons. The summed E-state index contributed by atoms with van der Waals surface area (Å²) in [6.45, 7) is 8.00. The average molecular weight is 210 g/mol. The number of ketones is 1. The molecule has 2 heteroatoms. The van der Waals surface area contributed by atoms with Crippen molar-refractivity contribution >= 4 is 5.78 Å². The van der Waals surface area contributed by atoms with Crippen LogP contribution >= 0.6 is 0 Å². The highest BCUT2D eigenvalue weighted by Gasteiger charge is 2.60. The van der Waals surface area contributed by atoms with Crippen molar-refractivity contribution in [2.75, 3.05) is 20.6 Å². The van der Waals surface area contributed by atoms with Crippen molar-refractivity contribution in [2.45, 2.75) is 27.2 Å². The van der Waals surface area contributed by atoms with Gasteiger partial charge in [-0.1, -0.05) is 20.8 Å². The molecule has 2 aliphatic rings. The molecule has 1 N–H and O–H groups in total. The van der Waals surface area contributed by atoms with Gasteiger partial charge in [0.2, 0.25) is 0 Å². The molecule has 2 bridgehead atoms. The van der Waals surface area contributed by atoms with E-state index in [0.29, 0.717) is 34.9 Å². The highest BCUT2D eigenvalue weighted by Crippen LogP contribution is 2.59. The fourth-order valence-corrected chi connectivity index (χ4v) is 3.84. The van der Waals surface area contributed by atoms with E-state index >= 15 is 0 Å². The summed E-state index contributed by atoms with van der Waals surface area (Å²) in [6, 6.07) is 0. The summed E-state index contributed by atoms with van der Waals surface area (Å²) < 4.78 is 0. The first kappa shape index (κ1) is 11.1. The Bertz CT molecular complexity index is 282. The van der Waals surface area contributed by atoms with Gasteiger partial charge in [-0.2, -0.15) is 0 Å². The van der Waals surface area contributed by atoms with Gasteiger partial charge in [-0.25, -0.2) is 0 Å². The van der Waals surface area contributed by atoms with Crippen LogP contribution in [-0.4, -0.2) is 26.4 Å². The molecule has 0 aliphatic heterocycles. The Kier molecular flexibility index (Phi) is 2.45. The Morgan fingerprint density at radius 3 is 2.47 bits per heavy atom. The Hall–Kier alpha value is -0.370. The molecular weight excluding hydrogens is 186 g/mol. The second-order valence-electron chi connectivity index (χ2n) is 6.48. The smallest absolute Gasteiger partial charge is 0.145 e. The lowest BCUT2D eigenvalue weighted by Crippen LogP contribution is -3.06. The molecule has 2 aliphatic carbocycles. The highest BCUT2D eigenvalue weighted by molar-refractivity contribution is 5.87. The number of nitrogens with one attached hydrogen (secondary N) is 1.